The zero-order chi connectivity index (χ0) is 51.0. The minimum Gasteiger partial charge on any atom is -0.454 e. The van der Waals surface area contributed by atoms with E-state index in [2.05, 4.69) is 183 Å². The molecule has 0 saturated heterocycles. The number of rotatable bonds is 7. The molecule has 0 unspecified atom stereocenters. The van der Waals surface area contributed by atoms with Crippen molar-refractivity contribution in [3.8, 4) is 5.69 Å². The molecule has 0 aliphatic heterocycles. The van der Waals surface area contributed by atoms with Crippen molar-refractivity contribution in [3.63, 3.8) is 0 Å². The van der Waals surface area contributed by atoms with Gasteiger partial charge in [-0.05, 0) is 112 Å². The molecule has 0 atom stereocenters. The lowest BCUT2D eigenvalue weighted by Crippen LogP contribution is -2.30. The van der Waals surface area contributed by atoms with Gasteiger partial charge in [-0.2, -0.15) is 0 Å². The number of pyridine rings is 4. The van der Waals surface area contributed by atoms with Crippen molar-refractivity contribution in [2.45, 2.75) is 0 Å². The molecule has 0 amide bonds. The third-order valence-corrected chi connectivity index (χ3v) is 15.5. The molecule has 0 N–H and O–H groups in total. The Morgan fingerprint density at radius 3 is 1.69 bits per heavy atom. The predicted octanol–water partition coefficient (Wildman–Crippen LogP) is 18.1. The third-order valence-electron chi connectivity index (χ3n) is 15.5. The summed E-state index contributed by atoms with van der Waals surface area (Å²) in [5.74, 6) is 0. The first-order chi connectivity index (χ1) is 38.7. The lowest BCUT2D eigenvalue weighted by atomic mass is 9.97. The van der Waals surface area contributed by atoms with Crippen LogP contribution in [0, 0.1) is 0 Å². The quantitative estimate of drug-likeness (QED) is 0.114. The summed E-state index contributed by atoms with van der Waals surface area (Å²) in [6, 6.07) is 72.1. The summed E-state index contributed by atoms with van der Waals surface area (Å²) in [6.07, 6.45) is 9.36. The molecule has 10 nitrogen and oxygen atoms in total. The lowest BCUT2D eigenvalue weighted by Gasteiger charge is -2.28. The molecular formula is C68H39N6O4+. The fourth-order valence-corrected chi connectivity index (χ4v) is 12.2. The summed E-state index contributed by atoms with van der Waals surface area (Å²) >= 11 is 0. The van der Waals surface area contributed by atoms with Crippen LogP contribution in [-0.4, -0.2) is 15.0 Å². The monoisotopic (exact) mass is 1000 g/mol. The van der Waals surface area contributed by atoms with Gasteiger partial charge in [-0.15, -0.1) is 4.57 Å². The van der Waals surface area contributed by atoms with Crippen LogP contribution >= 0.6 is 0 Å². The van der Waals surface area contributed by atoms with Crippen LogP contribution < -0.4 is 14.4 Å². The SMILES string of the molecule is c1ccc2cc(N(c3cccc4oc5c(ccc[n+]5-c5ccc6cc(N(c7cccc8oc9cnccc9c78)c7ccnc8oc9ccccc9c78)c7ccccc7c6c5)c34)c3ccnc4oc5ccccc5c34)ccc2c1. The van der Waals surface area contributed by atoms with E-state index in [0.29, 0.717) is 11.4 Å². The number of hydrogen-bond acceptors (Lipinski definition) is 9. The van der Waals surface area contributed by atoms with Crippen molar-refractivity contribution in [1.82, 2.24) is 15.0 Å². The highest BCUT2D eigenvalue weighted by Crippen LogP contribution is 2.51. The fourth-order valence-electron chi connectivity index (χ4n) is 12.2. The van der Waals surface area contributed by atoms with Crippen LogP contribution in [0.3, 0.4) is 0 Å². The molecule has 17 rings (SSSR count). The highest BCUT2D eigenvalue weighted by Gasteiger charge is 2.29. The largest absolute Gasteiger partial charge is 0.454 e. The van der Waals surface area contributed by atoms with E-state index < -0.39 is 0 Å². The Balaban J connectivity index is 0.875. The number of fused-ring (bicyclic) bond motifs is 16. The number of anilines is 6. The number of furan rings is 4. The first kappa shape index (κ1) is 42.5. The van der Waals surface area contributed by atoms with E-state index in [1.54, 1.807) is 6.20 Å². The summed E-state index contributed by atoms with van der Waals surface area (Å²) in [4.78, 5) is 18.6. The molecule has 8 aromatic heterocycles. The second-order valence-electron chi connectivity index (χ2n) is 19.7. The molecule has 0 radical (unpaired) electrons. The molecule has 9 aromatic carbocycles. The van der Waals surface area contributed by atoms with Gasteiger partial charge in [-0.1, -0.05) is 103 Å². The summed E-state index contributed by atoms with van der Waals surface area (Å²) in [6.45, 7) is 0. The molecule has 0 aliphatic rings. The summed E-state index contributed by atoms with van der Waals surface area (Å²) in [7, 11) is 0. The third kappa shape index (κ3) is 6.19. The first-order valence-electron chi connectivity index (χ1n) is 25.9. The van der Waals surface area contributed by atoms with E-state index in [9.17, 15) is 0 Å². The van der Waals surface area contributed by atoms with Crippen molar-refractivity contribution < 1.29 is 22.2 Å². The molecule has 78 heavy (non-hydrogen) atoms. The van der Waals surface area contributed by atoms with Crippen molar-refractivity contribution >= 4 is 155 Å². The van der Waals surface area contributed by atoms with E-state index >= 15 is 0 Å². The van der Waals surface area contributed by atoms with Gasteiger partial charge in [-0.25, -0.2) is 9.97 Å². The Hall–Kier alpha value is -10.8. The number of benzene rings is 9. The highest BCUT2D eigenvalue weighted by atomic mass is 16.4. The molecule has 10 heteroatoms. The first-order valence-corrected chi connectivity index (χ1v) is 25.9. The maximum atomic E-state index is 7.05. The molecule has 0 aliphatic carbocycles. The average Bonchev–Trinajstić information content (AvgIpc) is 4.45. The van der Waals surface area contributed by atoms with Crippen LogP contribution in [0.4, 0.5) is 34.1 Å². The van der Waals surface area contributed by atoms with Crippen LogP contribution in [0.1, 0.15) is 0 Å². The average molecular weight is 1000 g/mol. The smallest absolute Gasteiger partial charge is 0.387 e. The minimum absolute atomic E-state index is 0.563. The van der Waals surface area contributed by atoms with E-state index in [1.807, 2.05) is 67.1 Å². The van der Waals surface area contributed by atoms with Crippen molar-refractivity contribution in [2.75, 3.05) is 9.80 Å². The molecule has 364 valence electrons. The molecular weight excluding hydrogens is 965 g/mol. The van der Waals surface area contributed by atoms with Crippen molar-refractivity contribution in [3.05, 3.63) is 237 Å². The van der Waals surface area contributed by atoms with Crippen LogP contribution in [0.25, 0.3) is 126 Å². The lowest BCUT2D eigenvalue weighted by molar-refractivity contribution is -0.574. The van der Waals surface area contributed by atoms with Gasteiger partial charge in [0.2, 0.25) is 17.1 Å². The van der Waals surface area contributed by atoms with Gasteiger partial charge in [0.25, 0.3) is 0 Å². The highest BCUT2D eigenvalue weighted by molar-refractivity contribution is 6.22. The minimum atomic E-state index is 0.563. The van der Waals surface area contributed by atoms with E-state index in [4.69, 9.17) is 27.6 Å². The van der Waals surface area contributed by atoms with Gasteiger partial charge >= 0.3 is 5.71 Å². The van der Waals surface area contributed by atoms with Gasteiger partial charge in [0.05, 0.1) is 56.2 Å². The Bertz CT molecular complexity index is 5230. The Kier molecular flexibility index (Phi) is 8.90. The number of aromatic nitrogens is 4. The second-order valence-corrected chi connectivity index (χ2v) is 19.7. The van der Waals surface area contributed by atoms with Crippen LogP contribution in [-0.2, 0) is 0 Å². The van der Waals surface area contributed by atoms with E-state index in [-0.39, 0.29) is 0 Å². The Morgan fingerprint density at radius 1 is 0.333 bits per heavy atom. The van der Waals surface area contributed by atoms with Crippen LogP contribution in [0.5, 0.6) is 0 Å². The standard InChI is InChI=1S/C68H39N6O4/c1-2-13-41-36-44(28-25-40(41)12-1)73(54-30-33-70-66-64(54)47-16-5-7-21-57(47)76-66)52-19-9-24-60-63(52)50-18-11-35-72(68(50)78-60)43-27-26-42-37-56(46-15-4-3-14-45(46)51(42)38-43)74(53-20-10-23-59-62(53)49-29-32-69-39-61(49)75-59)55-31-34-71-67-65(55)48-17-6-8-22-58(48)77-67/h1-39H/q+1. The number of para-hydroxylation sites is 2. The maximum absolute atomic E-state index is 7.05. The van der Waals surface area contributed by atoms with Gasteiger partial charge in [0.1, 0.15) is 27.7 Å². The summed E-state index contributed by atoms with van der Waals surface area (Å²) in [5, 5.41) is 14.4. The van der Waals surface area contributed by atoms with Gasteiger partial charge < -0.3 is 27.5 Å². The van der Waals surface area contributed by atoms with Gasteiger partial charge in [-0.3, -0.25) is 4.98 Å². The van der Waals surface area contributed by atoms with E-state index in [0.717, 1.165) is 149 Å². The molecule has 0 spiro atoms. The van der Waals surface area contributed by atoms with Crippen LogP contribution in [0.2, 0.25) is 0 Å². The number of hydrogen-bond donors (Lipinski definition) is 0. The Morgan fingerprint density at radius 2 is 0.923 bits per heavy atom. The summed E-state index contributed by atoms with van der Waals surface area (Å²) in [5.41, 5.74) is 12.4. The number of nitrogens with zero attached hydrogens (tertiary/aromatic N) is 6. The molecule has 0 fully saturated rings. The Labute approximate surface area is 442 Å². The van der Waals surface area contributed by atoms with Gasteiger partial charge in [0, 0.05) is 64.0 Å². The van der Waals surface area contributed by atoms with Gasteiger partial charge in [0.15, 0.2) is 11.8 Å². The zero-order valence-corrected chi connectivity index (χ0v) is 41.3. The van der Waals surface area contributed by atoms with Crippen molar-refractivity contribution in [1.29, 1.82) is 0 Å². The fraction of sp³-hybridized carbons (Fsp3) is 0. The topological polar surface area (TPSA) is 102 Å². The van der Waals surface area contributed by atoms with Crippen molar-refractivity contribution in [2.24, 2.45) is 0 Å². The van der Waals surface area contributed by atoms with E-state index in [1.165, 1.54) is 0 Å². The molecule has 0 bridgehead atoms. The van der Waals surface area contributed by atoms with Crippen LogP contribution in [0.15, 0.2) is 255 Å². The normalized spacial score (nSPS) is 12.1. The molecule has 0 saturated carbocycles. The zero-order valence-electron chi connectivity index (χ0n) is 41.3. The maximum Gasteiger partial charge on any atom is 0.387 e. The predicted molar refractivity (Wildman–Crippen MR) is 312 cm³/mol. The molecule has 17 aromatic rings. The summed E-state index contributed by atoms with van der Waals surface area (Å²) < 4.78 is 28.5. The molecule has 8 heterocycles. The second kappa shape index (κ2) is 16.3.